The quantitative estimate of drug-likeness (QED) is 0.509. The van der Waals surface area contributed by atoms with E-state index in [-0.39, 0.29) is 12.5 Å². The minimum atomic E-state index is -1.41. The summed E-state index contributed by atoms with van der Waals surface area (Å²) in [5, 5.41) is 19.3. The number of rotatable bonds is 8. The van der Waals surface area contributed by atoms with Gasteiger partial charge in [0.25, 0.3) is 0 Å². The number of nitrogens with zero attached hydrogens (tertiary/aromatic N) is 1. The van der Waals surface area contributed by atoms with Gasteiger partial charge in [0.05, 0.1) is 39.1 Å². The summed E-state index contributed by atoms with van der Waals surface area (Å²) in [7, 11) is 5.90. The van der Waals surface area contributed by atoms with E-state index >= 15 is 0 Å². The highest BCUT2D eigenvalue weighted by Crippen LogP contribution is 2.29. The molecule has 0 amide bonds. The number of hydrogen-bond donors (Lipinski definition) is 2. The Morgan fingerprint density at radius 2 is 1.75 bits per heavy atom. The highest BCUT2D eigenvalue weighted by atomic mass is 16.5. The van der Waals surface area contributed by atoms with Gasteiger partial charge in [0.1, 0.15) is 13.2 Å². The summed E-state index contributed by atoms with van der Waals surface area (Å²) in [6.07, 6.45) is -0.436. The molecule has 0 aliphatic rings. The van der Waals surface area contributed by atoms with Gasteiger partial charge in [0.15, 0.2) is 0 Å². The predicted octanol–water partition coefficient (Wildman–Crippen LogP) is 0.734. The van der Waals surface area contributed by atoms with Gasteiger partial charge in [-0.1, -0.05) is 13.8 Å². The van der Waals surface area contributed by atoms with Crippen LogP contribution in [0.2, 0.25) is 0 Å². The number of hydrogen-bond acceptors (Lipinski definition) is 4. The molecule has 6 heteroatoms. The molecule has 0 rings (SSSR count). The maximum atomic E-state index is 12.1. The van der Waals surface area contributed by atoms with Gasteiger partial charge < -0.3 is 19.4 Å². The molecule has 0 aromatic heterocycles. The zero-order valence-electron chi connectivity index (χ0n) is 13.3. The molecule has 2 N–H and O–H groups in total. The number of aliphatic hydroxyl groups is 1. The molecule has 20 heavy (non-hydrogen) atoms. The van der Waals surface area contributed by atoms with Crippen LogP contribution in [0, 0.1) is 11.8 Å². The zero-order valence-corrected chi connectivity index (χ0v) is 13.3. The molecule has 0 heterocycles. The van der Waals surface area contributed by atoms with Crippen molar-refractivity contribution in [3.63, 3.8) is 0 Å². The summed E-state index contributed by atoms with van der Waals surface area (Å²) in [6, 6.07) is 0. The zero-order chi connectivity index (χ0) is 16.1. The molecule has 0 aliphatic carbocycles. The van der Waals surface area contributed by atoms with E-state index < -0.39 is 29.9 Å². The van der Waals surface area contributed by atoms with Crippen LogP contribution in [0.4, 0.5) is 0 Å². The number of aliphatic carboxylic acids is 1. The fraction of sp³-hybridized carbons (Fsp3) is 0.857. The lowest BCUT2D eigenvalue weighted by molar-refractivity contribution is -0.870. The van der Waals surface area contributed by atoms with Gasteiger partial charge in [0, 0.05) is 0 Å². The third-order valence-corrected chi connectivity index (χ3v) is 3.54. The summed E-state index contributed by atoms with van der Waals surface area (Å²) < 4.78 is 5.78. The van der Waals surface area contributed by atoms with Gasteiger partial charge in [-0.15, -0.1) is 0 Å². The van der Waals surface area contributed by atoms with Crippen LogP contribution in [0.3, 0.4) is 0 Å². The SMILES string of the molecule is CC(C)C(C)(O)C(CC(=O)O)C(=O)OCC[N+](C)(C)C. The molecule has 0 aliphatic heterocycles. The van der Waals surface area contributed by atoms with Gasteiger partial charge in [-0.3, -0.25) is 9.59 Å². The second-order valence-corrected chi connectivity index (χ2v) is 6.71. The maximum Gasteiger partial charge on any atom is 0.312 e. The van der Waals surface area contributed by atoms with Crippen molar-refractivity contribution < 1.29 is 29.0 Å². The van der Waals surface area contributed by atoms with Crippen LogP contribution < -0.4 is 0 Å². The molecule has 0 spiro atoms. The lowest BCUT2D eigenvalue weighted by atomic mass is 9.78. The summed E-state index contributed by atoms with van der Waals surface area (Å²) in [4.78, 5) is 23.0. The van der Waals surface area contributed by atoms with Gasteiger partial charge >= 0.3 is 11.9 Å². The first-order valence-electron chi connectivity index (χ1n) is 6.79. The van der Waals surface area contributed by atoms with E-state index in [1.807, 2.05) is 21.1 Å². The highest BCUT2D eigenvalue weighted by molar-refractivity contribution is 5.80. The van der Waals surface area contributed by atoms with Gasteiger partial charge in [-0.05, 0) is 12.8 Å². The molecule has 0 bridgehead atoms. The Bertz CT molecular complexity index is 344. The molecule has 118 valence electrons. The molecular weight excluding hydrogens is 262 g/mol. The van der Waals surface area contributed by atoms with Crippen LogP contribution in [0.1, 0.15) is 27.2 Å². The van der Waals surface area contributed by atoms with Crippen molar-refractivity contribution in [1.82, 2.24) is 0 Å². The molecule has 2 unspecified atom stereocenters. The Morgan fingerprint density at radius 1 is 1.25 bits per heavy atom. The molecule has 0 aromatic rings. The molecule has 6 nitrogen and oxygen atoms in total. The number of likely N-dealkylation sites (N-methyl/N-ethyl adjacent to an activating group) is 1. The fourth-order valence-corrected chi connectivity index (χ4v) is 1.63. The Labute approximate surface area is 120 Å². The number of carboxylic acid groups (broad SMARTS) is 1. The van der Waals surface area contributed by atoms with Crippen LogP contribution in [0.25, 0.3) is 0 Å². The second kappa shape index (κ2) is 7.04. The first-order chi connectivity index (χ1) is 8.88. The van der Waals surface area contributed by atoms with Crippen LogP contribution in [-0.2, 0) is 14.3 Å². The molecule has 0 saturated carbocycles. The van der Waals surface area contributed by atoms with Crippen LogP contribution in [0.5, 0.6) is 0 Å². The monoisotopic (exact) mass is 290 g/mol. The maximum absolute atomic E-state index is 12.1. The van der Waals surface area contributed by atoms with E-state index in [9.17, 15) is 14.7 Å². The smallest absolute Gasteiger partial charge is 0.312 e. The van der Waals surface area contributed by atoms with Crippen LogP contribution in [-0.4, -0.2) is 66.5 Å². The van der Waals surface area contributed by atoms with Crippen LogP contribution >= 0.6 is 0 Å². The lowest BCUT2D eigenvalue weighted by Crippen LogP contribution is -2.46. The van der Waals surface area contributed by atoms with E-state index in [1.54, 1.807) is 13.8 Å². The van der Waals surface area contributed by atoms with Gasteiger partial charge in [0.2, 0.25) is 0 Å². The van der Waals surface area contributed by atoms with Gasteiger partial charge in [-0.2, -0.15) is 0 Å². The van der Waals surface area contributed by atoms with Crippen LogP contribution in [0.15, 0.2) is 0 Å². The first kappa shape index (κ1) is 18.9. The standard InChI is InChI=1S/C14H27NO5/c1-10(2)14(3,19)11(9-12(16)17)13(18)20-8-7-15(4,5)6/h10-11,19H,7-9H2,1-6H3/p+1. The number of carboxylic acids is 1. The van der Waals surface area contributed by atoms with Crippen molar-refractivity contribution in [2.24, 2.45) is 11.8 Å². The molecular formula is C14H28NO5+. The van der Waals surface area contributed by atoms with Crippen molar-refractivity contribution in [1.29, 1.82) is 0 Å². The highest BCUT2D eigenvalue weighted by Gasteiger charge is 2.42. The number of quaternary nitrogens is 1. The van der Waals surface area contributed by atoms with Crippen molar-refractivity contribution in [3.8, 4) is 0 Å². The predicted molar refractivity (Wildman–Crippen MR) is 75.1 cm³/mol. The van der Waals surface area contributed by atoms with E-state index in [2.05, 4.69) is 0 Å². The van der Waals surface area contributed by atoms with E-state index in [4.69, 9.17) is 9.84 Å². The third kappa shape index (κ3) is 6.34. The third-order valence-electron chi connectivity index (χ3n) is 3.54. The topological polar surface area (TPSA) is 83.8 Å². The minimum absolute atomic E-state index is 0.201. The van der Waals surface area contributed by atoms with Crippen molar-refractivity contribution in [3.05, 3.63) is 0 Å². The number of carbonyl (C=O) groups is 2. The number of ether oxygens (including phenoxy) is 1. The largest absolute Gasteiger partial charge is 0.481 e. The first-order valence-corrected chi connectivity index (χ1v) is 6.79. The number of esters is 1. The fourth-order valence-electron chi connectivity index (χ4n) is 1.63. The minimum Gasteiger partial charge on any atom is -0.481 e. The lowest BCUT2D eigenvalue weighted by Gasteiger charge is -2.34. The molecule has 0 radical (unpaired) electrons. The Kier molecular flexibility index (Phi) is 6.64. The summed E-state index contributed by atoms with van der Waals surface area (Å²) in [5.41, 5.74) is -1.41. The van der Waals surface area contributed by atoms with Crippen molar-refractivity contribution >= 4 is 11.9 Å². The average Bonchev–Trinajstić information content (AvgIpc) is 2.23. The second-order valence-electron chi connectivity index (χ2n) is 6.71. The summed E-state index contributed by atoms with van der Waals surface area (Å²) in [5.74, 6) is -3.09. The normalized spacial score (nSPS) is 16.6. The van der Waals surface area contributed by atoms with Gasteiger partial charge in [-0.25, -0.2) is 0 Å². The summed E-state index contributed by atoms with van der Waals surface area (Å²) >= 11 is 0. The molecule has 0 fully saturated rings. The Balaban J connectivity index is 4.79. The van der Waals surface area contributed by atoms with E-state index in [0.29, 0.717) is 11.0 Å². The summed E-state index contributed by atoms with van der Waals surface area (Å²) in [6.45, 7) is 5.79. The molecule has 0 aromatic carbocycles. The molecule has 2 atom stereocenters. The number of carbonyl (C=O) groups excluding carboxylic acids is 1. The van der Waals surface area contributed by atoms with Crippen molar-refractivity contribution in [2.75, 3.05) is 34.3 Å². The van der Waals surface area contributed by atoms with Crippen molar-refractivity contribution in [2.45, 2.75) is 32.8 Å². The van der Waals surface area contributed by atoms with E-state index in [1.165, 1.54) is 6.92 Å². The Morgan fingerprint density at radius 3 is 2.10 bits per heavy atom. The average molecular weight is 290 g/mol. The van der Waals surface area contributed by atoms with E-state index in [0.717, 1.165) is 0 Å². The Hall–Kier alpha value is -1.14. The molecule has 0 saturated heterocycles.